The molecule has 0 unspecified atom stereocenters. The van der Waals surface area contributed by atoms with Crippen molar-refractivity contribution in [3.63, 3.8) is 0 Å². The van der Waals surface area contributed by atoms with Gasteiger partial charge in [-0.05, 0) is 25.7 Å². The Morgan fingerprint density at radius 1 is 1.15 bits per heavy atom. The standard InChI is InChI=1S/C16H25NO3/c1-2-3-4-9-12-17-14(18)13-16(15(19)20)10-7-5-6-8-11-16/h1H,3-13H2,(H,17,18)(H,19,20). The summed E-state index contributed by atoms with van der Waals surface area (Å²) in [4.78, 5) is 23.5. The minimum Gasteiger partial charge on any atom is -0.481 e. The fourth-order valence-corrected chi connectivity index (χ4v) is 2.82. The molecule has 0 heterocycles. The molecule has 0 atom stereocenters. The molecule has 1 amide bonds. The van der Waals surface area contributed by atoms with Crippen LogP contribution in [0.1, 0.15) is 64.2 Å². The minimum absolute atomic E-state index is 0.109. The monoisotopic (exact) mass is 279 g/mol. The molecule has 4 heteroatoms. The van der Waals surface area contributed by atoms with E-state index in [0.29, 0.717) is 19.4 Å². The molecule has 0 aromatic carbocycles. The van der Waals surface area contributed by atoms with Crippen LogP contribution in [0.5, 0.6) is 0 Å². The Bertz CT molecular complexity index is 362. The van der Waals surface area contributed by atoms with Gasteiger partial charge < -0.3 is 10.4 Å². The highest BCUT2D eigenvalue weighted by Crippen LogP contribution is 2.38. The van der Waals surface area contributed by atoms with Crippen LogP contribution in [0.3, 0.4) is 0 Å². The smallest absolute Gasteiger partial charge is 0.310 e. The normalized spacial score (nSPS) is 17.8. The van der Waals surface area contributed by atoms with Crippen LogP contribution >= 0.6 is 0 Å². The zero-order valence-electron chi connectivity index (χ0n) is 12.1. The van der Waals surface area contributed by atoms with Crippen molar-refractivity contribution in [3.05, 3.63) is 0 Å². The number of aliphatic carboxylic acids is 1. The van der Waals surface area contributed by atoms with Gasteiger partial charge in [0, 0.05) is 19.4 Å². The van der Waals surface area contributed by atoms with E-state index in [1.165, 1.54) is 0 Å². The quantitative estimate of drug-likeness (QED) is 0.428. The van der Waals surface area contributed by atoms with E-state index in [1.807, 2.05) is 0 Å². The van der Waals surface area contributed by atoms with E-state index in [9.17, 15) is 14.7 Å². The number of carboxylic acids is 1. The summed E-state index contributed by atoms with van der Waals surface area (Å²) in [6.45, 7) is 0.580. The molecule has 0 aliphatic heterocycles. The van der Waals surface area contributed by atoms with Gasteiger partial charge in [-0.1, -0.05) is 25.7 Å². The first-order valence-electron chi connectivity index (χ1n) is 7.54. The van der Waals surface area contributed by atoms with Crippen LogP contribution in [-0.2, 0) is 9.59 Å². The van der Waals surface area contributed by atoms with Crippen molar-refractivity contribution < 1.29 is 14.7 Å². The maximum atomic E-state index is 12.0. The minimum atomic E-state index is -0.848. The van der Waals surface area contributed by atoms with E-state index in [4.69, 9.17) is 6.42 Å². The van der Waals surface area contributed by atoms with E-state index in [1.54, 1.807) is 0 Å². The Morgan fingerprint density at radius 3 is 2.35 bits per heavy atom. The molecule has 0 radical (unpaired) electrons. The zero-order chi connectivity index (χ0) is 14.8. The summed E-state index contributed by atoms with van der Waals surface area (Å²) in [6, 6.07) is 0. The number of hydrogen-bond acceptors (Lipinski definition) is 2. The topological polar surface area (TPSA) is 66.4 Å². The van der Waals surface area contributed by atoms with Gasteiger partial charge in [-0.15, -0.1) is 12.3 Å². The molecule has 1 aliphatic carbocycles. The van der Waals surface area contributed by atoms with E-state index in [2.05, 4.69) is 11.2 Å². The summed E-state index contributed by atoms with van der Waals surface area (Å²) in [5.41, 5.74) is -0.848. The number of rotatable bonds is 7. The molecule has 112 valence electrons. The third kappa shape index (κ3) is 5.24. The van der Waals surface area contributed by atoms with Gasteiger partial charge in [-0.3, -0.25) is 9.59 Å². The Balaban J connectivity index is 2.43. The van der Waals surface area contributed by atoms with Crippen molar-refractivity contribution >= 4 is 11.9 Å². The maximum Gasteiger partial charge on any atom is 0.310 e. The largest absolute Gasteiger partial charge is 0.481 e. The molecule has 0 spiro atoms. The molecule has 20 heavy (non-hydrogen) atoms. The van der Waals surface area contributed by atoms with Crippen LogP contribution in [0.15, 0.2) is 0 Å². The second-order valence-electron chi connectivity index (χ2n) is 5.69. The molecule has 4 nitrogen and oxygen atoms in total. The second-order valence-corrected chi connectivity index (χ2v) is 5.69. The van der Waals surface area contributed by atoms with Gasteiger partial charge in [0.15, 0.2) is 0 Å². The summed E-state index contributed by atoms with van der Waals surface area (Å²) < 4.78 is 0. The maximum absolute atomic E-state index is 12.0. The van der Waals surface area contributed by atoms with Gasteiger partial charge in [0.2, 0.25) is 5.91 Å². The summed E-state index contributed by atoms with van der Waals surface area (Å²) in [5, 5.41) is 12.3. The Hall–Kier alpha value is -1.50. The lowest BCUT2D eigenvalue weighted by Gasteiger charge is -2.27. The van der Waals surface area contributed by atoms with Crippen LogP contribution in [-0.4, -0.2) is 23.5 Å². The number of terminal acetylenes is 1. The summed E-state index contributed by atoms with van der Waals surface area (Å²) in [7, 11) is 0. The molecular formula is C16H25NO3. The van der Waals surface area contributed by atoms with E-state index >= 15 is 0 Å². The van der Waals surface area contributed by atoms with Crippen LogP contribution in [0.25, 0.3) is 0 Å². The molecule has 0 aromatic heterocycles. The third-order valence-electron chi connectivity index (χ3n) is 4.08. The average Bonchev–Trinajstić information content (AvgIpc) is 2.65. The van der Waals surface area contributed by atoms with Crippen molar-refractivity contribution in [1.29, 1.82) is 0 Å². The first-order valence-corrected chi connectivity index (χ1v) is 7.54. The molecule has 1 saturated carbocycles. The van der Waals surface area contributed by atoms with Crippen molar-refractivity contribution in [1.82, 2.24) is 5.32 Å². The van der Waals surface area contributed by atoms with E-state index in [-0.39, 0.29) is 12.3 Å². The highest BCUT2D eigenvalue weighted by atomic mass is 16.4. The number of carbonyl (C=O) groups is 2. The molecule has 0 saturated heterocycles. The highest BCUT2D eigenvalue weighted by molar-refractivity contribution is 5.85. The van der Waals surface area contributed by atoms with Gasteiger partial charge in [-0.2, -0.15) is 0 Å². The number of nitrogens with one attached hydrogen (secondary N) is 1. The number of unbranched alkanes of at least 4 members (excludes halogenated alkanes) is 2. The van der Waals surface area contributed by atoms with Crippen LogP contribution in [0.2, 0.25) is 0 Å². The molecule has 1 aliphatic rings. The van der Waals surface area contributed by atoms with Crippen LogP contribution < -0.4 is 5.32 Å². The average molecular weight is 279 g/mol. The number of amides is 1. The molecule has 0 bridgehead atoms. The predicted molar refractivity (Wildman–Crippen MR) is 78.1 cm³/mol. The van der Waals surface area contributed by atoms with E-state index in [0.717, 1.165) is 44.9 Å². The number of hydrogen-bond donors (Lipinski definition) is 2. The van der Waals surface area contributed by atoms with Crippen molar-refractivity contribution in [2.75, 3.05) is 6.54 Å². The molecular weight excluding hydrogens is 254 g/mol. The first kappa shape index (κ1) is 16.6. The number of carbonyl (C=O) groups excluding carboxylic acids is 1. The van der Waals surface area contributed by atoms with Gasteiger partial charge in [0.05, 0.1) is 5.41 Å². The predicted octanol–water partition coefficient (Wildman–Crippen LogP) is 2.72. The summed E-state index contributed by atoms with van der Waals surface area (Å²) >= 11 is 0. The van der Waals surface area contributed by atoms with Crippen molar-refractivity contribution in [2.24, 2.45) is 5.41 Å². The SMILES string of the molecule is C#CCCCCNC(=O)CC1(C(=O)O)CCCCCC1. The van der Waals surface area contributed by atoms with E-state index < -0.39 is 11.4 Å². The molecule has 1 rings (SSSR count). The van der Waals surface area contributed by atoms with Gasteiger partial charge in [-0.25, -0.2) is 0 Å². The zero-order valence-corrected chi connectivity index (χ0v) is 12.1. The Morgan fingerprint density at radius 2 is 1.80 bits per heavy atom. The Labute approximate surface area is 121 Å². The Kier molecular flexibility index (Phi) is 7.14. The summed E-state index contributed by atoms with van der Waals surface area (Å²) in [5.74, 6) is 1.60. The third-order valence-corrected chi connectivity index (χ3v) is 4.08. The lowest BCUT2D eigenvalue weighted by molar-refractivity contribution is -0.152. The lowest BCUT2D eigenvalue weighted by Crippen LogP contribution is -2.37. The highest BCUT2D eigenvalue weighted by Gasteiger charge is 2.40. The van der Waals surface area contributed by atoms with Crippen molar-refractivity contribution in [3.8, 4) is 12.3 Å². The van der Waals surface area contributed by atoms with Gasteiger partial charge in [0.1, 0.15) is 0 Å². The number of carboxylic acid groups (broad SMARTS) is 1. The molecule has 0 aromatic rings. The van der Waals surface area contributed by atoms with Crippen LogP contribution in [0, 0.1) is 17.8 Å². The lowest BCUT2D eigenvalue weighted by atomic mass is 9.77. The fourth-order valence-electron chi connectivity index (χ4n) is 2.82. The summed E-state index contributed by atoms with van der Waals surface area (Å²) in [6.07, 6.45) is 12.9. The molecule has 1 fully saturated rings. The van der Waals surface area contributed by atoms with Crippen molar-refractivity contribution in [2.45, 2.75) is 64.2 Å². The second kappa shape index (κ2) is 8.63. The molecule has 2 N–H and O–H groups in total. The first-order chi connectivity index (χ1) is 9.60. The van der Waals surface area contributed by atoms with Gasteiger partial charge >= 0.3 is 5.97 Å². The fraction of sp³-hybridized carbons (Fsp3) is 0.750. The van der Waals surface area contributed by atoms with Gasteiger partial charge in [0.25, 0.3) is 0 Å². The van der Waals surface area contributed by atoms with Crippen LogP contribution in [0.4, 0.5) is 0 Å².